The van der Waals surface area contributed by atoms with Gasteiger partial charge in [-0.3, -0.25) is 4.79 Å². The molecule has 1 aliphatic heterocycles. The zero-order chi connectivity index (χ0) is 29.7. The van der Waals surface area contributed by atoms with Crippen LogP contribution in [0.15, 0.2) is 53.7 Å². The molecular formula is C32H44N8O2. The molecule has 0 bridgehead atoms. The van der Waals surface area contributed by atoms with Crippen LogP contribution in [0, 0.1) is 0 Å². The van der Waals surface area contributed by atoms with Crippen LogP contribution in [0.25, 0.3) is 0 Å². The van der Waals surface area contributed by atoms with Gasteiger partial charge in [0.15, 0.2) is 5.82 Å². The van der Waals surface area contributed by atoms with Crippen molar-refractivity contribution in [2.75, 3.05) is 68.2 Å². The Bertz CT molecular complexity index is 1340. The van der Waals surface area contributed by atoms with Crippen molar-refractivity contribution in [3.8, 4) is 5.75 Å². The highest BCUT2D eigenvalue weighted by atomic mass is 16.5. The molecule has 1 amide bonds. The van der Waals surface area contributed by atoms with E-state index in [9.17, 15) is 4.79 Å². The van der Waals surface area contributed by atoms with Gasteiger partial charge < -0.3 is 30.5 Å². The zero-order valence-corrected chi connectivity index (χ0v) is 25.3. The molecule has 1 fully saturated rings. The van der Waals surface area contributed by atoms with Crippen LogP contribution < -0.4 is 25.6 Å². The van der Waals surface area contributed by atoms with E-state index in [2.05, 4.69) is 67.9 Å². The van der Waals surface area contributed by atoms with Crippen LogP contribution in [0.1, 0.15) is 51.0 Å². The number of nitrogens with one attached hydrogen (secondary N) is 3. The number of methoxy groups -OCH3 is 1. The third-order valence-electron chi connectivity index (χ3n) is 7.52. The monoisotopic (exact) mass is 572 g/mol. The molecule has 224 valence electrons. The van der Waals surface area contributed by atoms with E-state index in [0.29, 0.717) is 29.6 Å². The Labute approximate surface area is 249 Å². The van der Waals surface area contributed by atoms with E-state index in [1.54, 1.807) is 13.3 Å². The minimum atomic E-state index is 0.335. The highest BCUT2D eigenvalue weighted by Gasteiger charge is 2.17. The third kappa shape index (κ3) is 8.42. The second kappa shape index (κ2) is 15.7. The van der Waals surface area contributed by atoms with Gasteiger partial charge in [-0.25, -0.2) is 9.98 Å². The fourth-order valence-corrected chi connectivity index (χ4v) is 5.00. The summed E-state index contributed by atoms with van der Waals surface area (Å²) >= 11 is 0. The summed E-state index contributed by atoms with van der Waals surface area (Å²) in [6.45, 7) is 6.21. The molecule has 1 aliphatic rings. The van der Waals surface area contributed by atoms with Crippen molar-refractivity contribution in [1.29, 1.82) is 0 Å². The maximum absolute atomic E-state index is 11.5. The molecule has 10 nitrogen and oxygen atoms in total. The van der Waals surface area contributed by atoms with Crippen LogP contribution in [0.5, 0.6) is 5.75 Å². The lowest BCUT2D eigenvalue weighted by atomic mass is 10.0. The van der Waals surface area contributed by atoms with Gasteiger partial charge >= 0.3 is 0 Å². The number of rotatable bonds is 15. The molecular weight excluding hydrogens is 528 g/mol. The SMILES string of the molecule is CCCCCCCC(=Nc1cnc(Nc2ccc(N3CCN(C)CC3)cc2OC)nc1NC=O)c1cccc(NC)c1. The van der Waals surface area contributed by atoms with E-state index in [0.717, 1.165) is 73.8 Å². The average Bonchev–Trinajstić information content (AvgIpc) is 3.02. The van der Waals surface area contributed by atoms with Crippen LogP contribution in [0.3, 0.4) is 0 Å². The summed E-state index contributed by atoms with van der Waals surface area (Å²) in [5.41, 5.74) is 5.33. The van der Waals surface area contributed by atoms with E-state index >= 15 is 0 Å². The topological polar surface area (TPSA) is 107 Å². The van der Waals surface area contributed by atoms with Crippen molar-refractivity contribution in [2.24, 2.45) is 4.99 Å². The molecule has 0 atom stereocenters. The first kappa shape index (κ1) is 30.8. The van der Waals surface area contributed by atoms with Crippen molar-refractivity contribution in [1.82, 2.24) is 14.9 Å². The van der Waals surface area contributed by atoms with Crippen molar-refractivity contribution in [3.63, 3.8) is 0 Å². The minimum Gasteiger partial charge on any atom is -0.494 e. The van der Waals surface area contributed by atoms with Crippen molar-refractivity contribution >= 4 is 46.6 Å². The van der Waals surface area contributed by atoms with Crippen molar-refractivity contribution < 1.29 is 9.53 Å². The summed E-state index contributed by atoms with van der Waals surface area (Å²) < 4.78 is 5.70. The first-order valence-electron chi connectivity index (χ1n) is 14.9. The van der Waals surface area contributed by atoms with Gasteiger partial charge in [-0.05, 0) is 49.7 Å². The molecule has 3 aromatic rings. The number of nitrogens with zero attached hydrogens (tertiary/aromatic N) is 5. The molecule has 2 aromatic carbocycles. The molecule has 0 aliphatic carbocycles. The molecule has 0 spiro atoms. The number of aromatic nitrogens is 2. The van der Waals surface area contributed by atoms with Crippen molar-refractivity contribution in [2.45, 2.75) is 45.4 Å². The quantitative estimate of drug-likeness (QED) is 0.114. The largest absolute Gasteiger partial charge is 0.494 e. The Morgan fingerprint density at radius 3 is 2.62 bits per heavy atom. The summed E-state index contributed by atoms with van der Waals surface area (Å²) in [7, 11) is 5.70. The number of unbranched alkanes of at least 4 members (excludes halogenated alkanes) is 4. The van der Waals surface area contributed by atoms with Gasteiger partial charge in [-0.2, -0.15) is 4.98 Å². The summed E-state index contributed by atoms with van der Waals surface area (Å²) in [4.78, 5) is 30.3. The Kier molecular flexibility index (Phi) is 11.5. The number of aliphatic imine (C=N–C) groups is 1. The maximum atomic E-state index is 11.5. The number of benzene rings is 2. The van der Waals surface area contributed by atoms with E-state index in [-0.39, 0.29) is 0 Å². The lowest BCUT2D eigenvalue weighted by Gasteiger charge is -2.34. The number of amides is 1. The second-order valence-corrected chi connectivity index (χ2v) is 10.5. The number of hydrogen-bond donors (Lipinski definition) is 3. The van der Waals surface area contributed by atoms with Crippen LogP contribution in [-0.2, 0) is 4.79 Å². The van der Waals surface area contributed by atoms with Crippen LogP contribution >= 0.6 is 0 Å². The molecule has 42 heavy (non-hydrogen) atoms. The smallest absolute Gasteiger partial charge is 0.229 e. The molecule has 1 saturated heterocycles. The number of piperazine rings is 1. The van der Waals surface area contributed by atoms with E-state index in [4.69, 9.17) is 9.73 Å². The Hall–Kier alpha value is -4.18. The normalized spacial score (nSPS) is 14.0. The third-order valence-corrected chi connectivity index (χ3v) is 7.52. The van der Waals surface area contributed by atoms with Crippen LogP contribution in [0.2, 0.25) is 0 Å². The van der Waals surface area contributed by atoms with Gasteiger partial charge in [-0.1, -0.05) is 44.7 Å². The number of carbonyl (C=O) groups is 1. The predicted octanol–water partition coefficient (Wildman–Crippen LogP) is 6.07. The first-order valence-corrected chi connectivity index (χ1v) is 14.9. The first-order chi connectivity index (χ1) is 20.5. The fourth-order valence-electron chi connectivity index (χ4n) is 5.00. The summed E-state index contributed by atoms with van der Waals surface area (Å²) in [6.07, 6.45) is 8.90. The highest BCUT2D eigenvalue weighted by molar-refractivity contribution is 6.03. The number of carbonyl (C=O) groups excluding carboxylic acids is 1. The van der Waals surface area contributed by atoms with Gasteiger partial charge in [0.05, 0.1) is 19.0 Å². The van der Waals surface area contributed by atoms with E-state index in [1.165, 1.54) is 19.3 Å². The fraction of sp³-hybridized carbons (Fsp3) is 0.438. The number of likely N-dealkylation sites (N-methyl/N-ethyl adjacent to an activating group) is 1. The number of anilines is 5. The summed E-state index contributed by atoms with van der Waals surface area (Å²) in [5, 5.41) is 9.17. The molecule has 10 heteroatoms. The van der Waals surface area contributed by atoms with Gasteiger partial charge in [0.25, 0.3) is 0 Å². The zero-order valence-electron chi connectivity index (χ0n) is 25.3. The second-order valence-electron chi connectivity index (χ2n) is 10.5. The molecule has 0 unspecified atom stereocenters. The lowest BCUT2D eigenvalue weighted by Crippen LogP contribution is -2.44. The van der Waals surface area contributed by atoms with Crippen molar-refractivity contribution in [3.05, 3.63) is 54.2 Å². The molecule has 4 rings (SSSR count). The van der Waals surface area contributed by atoms with E-state index < -0.39 is 0 Å². The molecule has 0 saturated carbocycles. The number of ether oxygens (including phenoxy) is 1. The predicted molar refractivity (Wildman–Crippen MR) is 173 cm³/mol. The Morgan fingerprint density at radius 2 is 1.88 bits per heavy atom. The summed E-state index contributed by atoms with van der Waals surface area (Å²) in [5.74, 6) is 1.36. The van der Waals surface area contributed by atoms with Gasteiger partial charge in [-0.15, -0.1) is 0 Å². The average molecular weight is 573 g/mol. The molecule has 2 heterocycles. The maximum Gasteiger partial charge on any atom is 0.229 e. The molecule has 3 N–H and O–H groups in total. The van der Waals surface area contributed by atoms with Gasteiger partial charge in [0.1, 0.15) is 11.4 Å². The lowest BCUT2D eigenvalue weighted by molar-refractivity contribution is -0.105. The van der Waals surface area contributed by atoms with Crippen LogP contribution in [0.4, 0.5) is 34.5 Å². The van der Waals surface area contributed by atoms with E-state index in [1.807, 2.05) is 31.3 Å². The Morgan fingerprint density at radius 1 is 1.07 bits per heavy atom. The van der Waals surface area contributed by atoms with Gasteiger partial charge in [0, 0.05) is 56.4 Å². The highest BCUT2D eigenvalue weighted by Crippen LogP contribution is 2.33. The van der Waals surface area contributed by atoms with Gasteiger partial charge in [0.2, 0.25) is 12.4 Å². The van der Waals surface area contributed by atoms with Crippen LogP contribution in [-0.4, -0.2) is 74.4 Å². The number of hydrogen-bond acceptors (Lipinski definition) is 9. The Balaban J connectivity index is 1.58. The standard InChI is InChI=1S/C32H44N8O2/c1-5-6-7-8-9-13-27(24-11-10-12-25(20-24)33-2)36-29-22-34-32(38-31(29)35-23-41)37-28-15-14-26(21-30(28)42-4)40-18-16-39(3)17-19-40/h10-12,14-15,20-23,33H,5-9,13,16-19H2,1-4H3,(H2,34,35,37,38,41). The molecule has 0 radical (unpaired) electrons. The summed E-state index contributed by atoms with van der Waals surface area (Å²) in [6, 6.07) is 14.3. The molecule has 1 aromatic heterocycles. The minimum absolute atomic E-state index is 0.335.